The van der Waals surface area contributed by atoms with E-state index in [-0.39, 0.29) is 12.0 Å². The highest BCUT2D eigenvalue weighted by molar-refractivity contribution is 5.93. The molecular formula is C25H32N4O2. The molecule has 4 aliphatic heterocycles. The smallest absolute Gasteiger partial charge is 0.336 e. The highest BCUT2D eigenvalue weighted by Gasteiger charge is 2.43. The number of carbonyl (C=O) groups is 1. The van der Waals surface area contributed by atoms with Crippen LogP contribution in [0.4, 0.5) is 0 Å². The van der Waals surface area contributed by atoms with Gasteiger partial charge in [-0.25, -0.2) is 10.2 Å². The summed E-state index contributed by atoms with van der Waals surface area (Å²) in [5.41, 5.74) is 8.05. The zero-order valence-corrected chi connectivity index (χ0v) is 18.7. The van der Waals surface area contributed by atoms with Crippen LogP contribution < -0.4 is 5.43 Å². The van der Waals surface area contributed by atoms with Gasteiger partial charge in [-0.15, -0.1) is 0 Å². The average Bonchev–Trinajstić information content (AvgIpc) is 3.16. The van der Waals surface area contributed by atoms with Crippen molar-refractivity contribution >= 4 is 5.97 Å². The number of esters is 1. The summed E-state index contributed by atoms with van der Waals surface area (Å²) in [4.78, 5) is 18.0. The molecule has 0 aromatic heterocycles. The molecule has 4 heterocycles. The molecule has 0 bridgehead atoms. The van der Waals surface area contributed by atoms with Crippen molar-refractivity contribution in [2.45, 2.75) is 45.3 Å². The molecule has 164 valence electrons. The van der Waals surface area contributed by atoms with Crippen LogP contribution in [0.3, 0.4) is 0 Å². The Labute approximate surface area is 184 Å². The summed E-state index contributed by atoms with van der Waals surface area (Å²) in [5.74, 6) is -0.229. The molecule has 0 aromatic carbocycles. The minimum absolute atomic E-state index is 0.184. The first-order valence-electron chi connectivity index (χ1n) is 11.4. The van der Waals surface area contributed by atoms with Gasteiger partial charge >= 0.3 is 5.97 Å². The van der Waals surface area contributed by atoms with E-state index in [9.17, 15) is 4.79 Å². The summed E-state index contributed by atoms with van der Waals surface area (Å²) >= 11 is 0. The van der Waals surface area contributed by atoms with Crippen molar-refractivity contribution in [2.24, 2.45) is 0 Å². The zero-order valence-electron chi connectivity index (χ0n) is 18.7. The molecule has 2 atom stereocenters. The Morgan fingerprint density at radius 3 is 2.77 bits per heavy atom. The fourth-order valence-corrected chi connectivity index (χ4v) is 5.06. The van der Waals surface area contributed by atoms with Gasteiger partial charge in [0.05, 0.1) is 17.3 Å². The van der Waals surface area contributed by atoms with Crippen LogP contribution in [0.2, 0.25) is 0 Å². The summed E-state index contributed by atoms with van der Waals surface area (Å²) in [7, 11) is 0. The fraction of sp³-hybridized carbons (Fsp3) is 0.480. The second-order valence-corrected chi connectivity index (χ2v) is 9.28. The van der Waals surface area contributed by atoms with Crippen molar-refractivity contribution < 1.29 is 9.53 Å². The van der Waals surface area contributed by atoms with E-state index in [1.807, 2.05) is 24.2 Å². The molecule has 0 aromatic rings. The number of hydrogen-bond donors (Lipinski definition) is 1. The van der Waals surface area contributed by atoms with Crippen LogP contribution in [0.25, 0.3) is 0 Å². The quantitative estimate of drug-likeness (QED) is 0.706. The Kier molecular flexibility index (Phi) is 5.15. The molecular weight excluding hydrogens is 388 g/mol. The highest BCUT2D eigenvalue weighted by Crippen LogP contribution is 2.40. The van der Waals surface area contributed by atoms with Crippen molar-refractivity contribution in [3.8, 4) is 0 Å². The molecule has 2 unspecified atom stereocenters. The van der Waals surface area contributed by atoms with Crippen molar-refractivity contribution in [2.75, 3.05) is 32.7 Å². The standard InChI is InChI=1S/C25H32N4O2/c1-4-8-27-10-12-28(13-11-27)20-6-5-19-15-22(24(30)31-25(19,3)17-20)23-16-21-14-18(2)7-9-29(21)26-23/h5-7,9,14-16,23,26H,4,8,10-13,17H2,1-3H3. The Morgan fingerprint density at radius 2 is 2.00 bits per heavy atom. The number of nitrogens with one attached hydrogen (secondary N) is 1. The lowest BCUT2D eigenvalue weighted by molar-refractivity contribution is -0.151. The second kappa shape index (κ2) is 7.84. The number of fused-ring (bicyclic) bond motifs is 2. The molecule has 1 N–H and O–H groups in total. The number of piperazine rings is 1. The number of carbonyl (C=O) groups excluding carboxylic acids is 1. The molecule has 0 radical (unpaired) electrons. The van der Waals surface area contributed by atoms with Crippen LogP contribution in [-0.2, 0) is 9.53 Å². The molecule has 6 nitrogen and oxygen atoms in total. The zero-order chi connectivity index (χ0) is 21.6. The molecule has 0 amide bonds. The molecule has 5 aliphatic rings. The van der Waals surface area contributed by atoms with Gasteiger partial charge in [0, 0.05) is 44.5 Å². The third kappa shape index (κ3) is 3.79. The summed E-state index contributed by atoms with van der Waals surface area (Å²) < 4.78 is 6.08. The minimum atomic E-state index is -0.597. The molecule has 31 heavy (non-hydrogen) atoms. The third-order valence-electron chi connectivity index (χ3n) is 6.86. The maximum atomic E-state index is 13.0. The molecule has 1 fully saturated rings. The van der Waals surface area contributed by atoms with E-state index < -0.39 is 5.60 Å². The van der Waals surface area contributed by atoms with E-state index in [1.54, 1.807) is 0 Å². The monoisotopic (exact) mass is 420 g/mol. The largest absolute Gasteiger partial charge is 0.451 e. The van der Waals surface area contributed by atoms with Crippen LogP contribution in [0.15, 0.2) is 70.8 Å². The topological polar surface area (TPSA) is 48.0 Å². The predicted octanol–water partition coefficient (Wildman–Crippen LogP) is 3.02. The van der Waals surface area contributed by atoms with E-state index in [4.69, 9.17) is 4.74 Å². The molecule has 5 rings (SSSR count). The number of rotatable bonds is 4. The lowest BCUT2D eigenvalue weighted by Gasteiger charge is -2.43. The Balaban J connectivity index is 1.35. The van der Waals surface area contributed by atoms with Crippen molar-refractivity contribution in [1.82, 2.24) is 20.2 Å². The van der Waals surface area contributed by atoms with E-state index in [0.29, 0.717) is 5.57 Å². The van der Waals surface area contributed by atoms with E-state index in [2.05, 4.69) is 59.5 Å². The van der Waals surface area contributed by atoms with Crippen LogP contribution in [-0.4, -0.2) is 65.1 Å². The van der Waals surface area contributed by atoms with Gasteiger partial charge in [0.2, 0.25) is 0 Å². The Bertz CT molecular complexity index is 962. The first-order chi connectivity index (χ1) is 14.9. The number of hydrazine groups is 1. The van der Waals surface area contributed by atoms with Crippen molar-refractivity contribution in [3.05, 3.63) is 70.8 Å². The molecule has 6 heteroatoms. The predicted molar refractivity (Wildman–Crippen MR) is 121 cm³/mol. The van der Waals surface area contributed by atoms with Gasteiger partial charge in [-0.3, -0.25) is 9.91 Å². The molecule has 1 aliphatic carbocycles. The van der Waals surface area contributed by atoms with Gasteiger partial charge in [-0.1, -0.05) is 13.0 Å². The van der Waals surface area contributed by atoms with Crippen LogP contribution in [0.1, 0.15) is 33.6 Å². The summed E-state index contributed by atoms with van der Waals surface area (Å²) in [5, 5.41) is 1.96. The van der Waals surface area contributed by atoms with E-state index in [1.165, 1.54) is 24.2 Å². The van der Waals surface area contributed by atoms with Gasteiger partial charge in [-0.05, 0) is 68.3 Å². The van der Waals surface area contributed by atoms with Gasteiger partial charge in [0.25, 0.3) is 0 Å². The average molecular weight is 421 g/mol. The maximum Gasteiger partial charge on any atom is 0.336 e. The van der Waals surface area contributed by atoms with Crippen molar-refractivity contribution in [3.63, 3.8) is 0 Å². The molecule has 0 spiro atoms. The number of hydrogen-bond acceptors (Lipinski definition) is 6. The van der Waals surface area contributed by atoms with Crippen LogP contribution in [0.5, 0.6) is 0 Å². The summed E-state index contributed by atoms with van der Waals surface area (Å²) in [6.45, 7) is 11.8. The summed E-state index contributed by atoms with van der Waals surface area (Å²) in [6.07, 6.45) is 16.6. The SMILES string of the molecule is CCCN1CCN(C2=CC=C3C=C(C4C=C5C=C(C)C=CN5N4)C(=O)OC3(C)C2)CC1. The van der Waals surface area contributed by atoms with Gasteiger partial charge in [0.1, 0.15) is 5.60 Å². The third-order valence-corrected chi connectivity index (χ3v) is 6.86. The number of ether oxygens (including phenoxy) is 1. The highest BCUT2D eigenvalue weighted by atomic mass is 16.6. The fourth-order valence-electron chi connectivity index (χ4n) is 5.06. The van der Waals surface area contributed by atoms with Gasteiger partial charge in [0.15, 0.2) is 0 Å². The number of nitrogens with zero attached hydrogens (tertiary/aromatic N) is 3. The van der Waals surface area contributed by atoms with Crippen molar-refractivity contribution in [1.29, 1.82) is 0 Å². The van der Waals surface area contributed by atoms with E-state index >= 15 is 0 Å². The first kappa shape index (κ1) is 20.3. The number of allylic oxidation sites excluding steroid dienone is 5. The van der Waals surface area contributed by atoms with Gasteiger partial charge in [-0.2, -0.15) is 0 Å². The first-order valence-corrected chi connectivity index (χ1v) is 11.4. The molecule has 1 saturated heterocycles. The molecule has 0 saturated carbocycles. The summed E-state index contributed by atoms with van der Waals surface area (Å²) in [6, 6.07) is -0.184. The Morgan fingerprint density at radius 1 is 1.19 bits per heavy atom. The van der Waals surface area contributed by atoms with Crippen LogP contribution >= 0.6 is 0 Å². The second-order valence-electron chi connectivity index (χ2n) is 9.28. The normalized spacial score (nSPS) is 30.6. The minimum Gasteiger partial charge on any atom is -0.451 e. The Hall–Kier alpha value is -2.57. The van der Waals surface area contributed by atoms with Gasteiger partial charge < -0.3 is 9.64 Å². The lowest BCUT2D eigenvalue weighted by Crippen LogP contribution is -2.49. The lowest BCUT2D eigenvalue weighted by atomic mass is 9.82. The maximum absolute atomic E-state index is 13.0. The van der Waals surface area contributed by atoms with Crippen LogP contribution in [0, 0.1) is 0 Å². The van der Waals surface area contributed by atoms with E-state index in [0.717, 1.165) is 43.9 Å².